The molecule has 4 heterocycles. The maximum atomic E-state index is 5.54. The predicted octanol–water partition coefficient (Wildman–Crippen LogP) is 2.62. The van der Waals surface area contributed by atoms with Crippen LogP contribution in [0.1, 0.15) is 25.7 Å². The lowest BCUT2D eigenvalue weighted by atomic mass is 10.2. The number of ether oxygens (including phenoxy) is 1. The number of anilines is 2. The maximum Gasteiger partial charge on any atom is 0.227 e. The van der Waals surface area contributed by atoms with Crippen LogP contribution >= 0.6 is 0 Å². The summed E-state index contributed by atoms with van der Waals surface area (Å²) in [6.07, 6.45) is 8.48. The number of nitrogens with one attached hydrogen (secondary N) is 1. The van der Waals surface area contributed by atoms with Crippen molar-refractivity contribution in [1.29, 1.82) is 0 Å². The quantitative estimate of drug-likeness (QED) is 0.746. The standard InChI is InChI=1S/C20H25N7O/c1-26-17(14-6-8-21-9-7-14)23-16-18(26)24-20(22-15-4-2-3-5-15)25-19(16)27-10-12-28-13-11-27/h6-9,15H,2-5,10-13H2,1H3,(H,22,24,25). The maximum absolute atomic E-state index is 5.54. The van der Waals surface area contributed by atoms with Crippen LogP contribution in [-0.2, 0) is 11.8 Å². The Morgan fingerprint density at radius 3 is 2.54 bits per heavy atom. The molecule has 0 aromatic carbocycles. The molecule has 8 heteroatoms. The number of aromatic nitrogens is 5. The number of imidazole rings is 1. The van der Waals surface area contributed by atoms with Gasteiger partial charge in [-0.15, -0.1) is 0 Å². The number of hydrogen-bond acceptors (Lipinski definition) is 7. The van der Waals surface area contributed by atoms with Crippen molar-refractivity contribution in [3.05, 3.63) is 24.5 Å². The fourth-order valence-electron chi connectivity index (χ4n) is 4.12. The highest BCUT2D eigenvalue weighted by molar-refractivity contribution is 5.88. The van der Waals surface area contributed by atoms with Crippen molar-refractivity contribution < 1.29 is 4.74 Å². The van der Waals surface area contributed by atoms with E-state index in [4.69, 9.17) is 19.7 Å². The zero-order valence-electron chi connectivity index (χ0n) is 16.1. The lowest BCUT2D eigenvalue weighted by molar-refractivity contribution is 0.122. The van der Waals surface area contributed by atoms with E-state index in [2.05, 4.69) is 19.8 Å². The van der Waals surface area contributed by atoms with E-state index < -0.39 is 0 Å². The molecule has 146 valence electrons. The summed E-state index contributed by atoms with van der Waals surface area (Å²) < 4.78 is 7.59. The third kappa shape index (κ3) is 3.17. The van der Waals surface area contributed by atoms with E-state index >= 15 is 0 Å². The van der Waals surface area contributed by atoms with Crippen molar-refractivity contribution in [3.8, 4) is 11.4 Å². The second kappa shape index (κ2) is 7.35. The third-order valence-electron chi connectivity index (χ3n) is 5.64. The van der Waals surface area contributed by atoms with Gasteiger partial charge in [-0.3, -0.25) is 4.98 Å². The Labute approximate surface area is 164 Å². The minimum Gasteiger partial charge on any atom is -0.378 e. The topological polar surface area (TPSA) is 81.0 Å². The summed E-state index contributed by atoms with van der Waals surface area (Å²) in [6, 6.07) is 4.41. The molecular weight excluding hydrogens is 354 g/mol. The van der Waals surface area contributed by atoms with Gasteiger partial charge in [0, 0.05) is 44.1 Å². The van der Waals surface area contributed by atoms with Crippen LogP contribution in [0.2, 0.25) is 0 Å². The first-order chi connectivity index (χ1) is 13.8. The van der Waals surface area contributed by atoms with Crippen LogP contribution in [0.15, 0.2) is 24.5 Å². The number of fused-ring (bicyclic) bond motifs is 1. The van der Waals surface area contributed by atoms with Crippen molar-refractivity contribution in [2.75, 3.05) is 36.5 Å². The predicted molar refractivity (Wildman–Crippen MR) is 108 cm³/mol. The van der Waals surface area contributed by atoms with Crippen molar-refractivity contribution >= 4 is 22.9 Å². The summed E-state index contributed by atoms with van der Waals surface area (Å²) in [5.74, 6) is 2.47. The first-order valence-corrected chi connectivity index (χ1v) is 10.0. The normalized spacial score (nSPS) is 18.1. The highest BCUT2D eigenvalue weighted by Crippen LogP contribution is 2.30. The lowest BCUT2D eigenvalue weighted by Gasteiger charge is -2.28. The van der Waals surface area contributed by atoms with Crippen molar-refractivity contribution in [3.63, 3.8) is 0 Å². The molecule has 1 saturated heterocycles. The zero-order valence-corrected chi connectivity index (χ0v) is 16.1. The van der Waals surface area contributed by atoms with Gasteiger partial charge in [0.05, 0.1) is 13.2 Å². The van der Waals surface area contributed by atoms with Gasteiger partial charge in [0.2, 0.25) is 5.95 Å². The molecule has 0 unspecified atom stereocenters. The molecule has 0 radical (unpaired) electrons. The molecule has 2 fully saturated rings. The summed E-state index contributed by atoms with van der Waals surface area (Å²) in [5.41, 5.74) is 2.71. The van der Waals surface area contributed by atoms with Gasteiger partial charge in [0.25, 0.3) is 0 Å². The average Bonchev–Trinajstić information content (AvgIpc) is 3.37. The van der Waals surface area contributed by atoms with Crippen LogP contribution in [0, 0.1) is 0 Å². The summed E-state index contributed by atoms with van der Waals surface area (Å²) in [7, 11) is 2.01. The number of hydrogen-bond donors (Lipinski definition) is 1. The van der Waals surface area contributed by atoms with Crippen molar-refractivity contribution in [2.45, 2.75) is 31.7 Å². The van der Waals surface area contributed by atoms with Gasteiger partial charge in [-0.2, -0.15) is 9.97 Å². The number of pyridine rings is 1. The van der Waals surface area contributed by atoms with Crippen molar-refractivity contribution in [1.82, 2.24) is 24.5 Å². The molecule has 1 saturated carbocycles. The molecule has 0 spiro atoms. The molecule has 5 rings (SSSR count). The van der Waals surface area contributed by atoms with Gasteiger partial charge >= 0.3 is 0 Å². The SMILES string of the molecule is Cn1c(-c2ccncc2)nc2c(N3CCOCC3)nc(NC3CCCC3)nc21. The van der Waals surface area contributed by atoms with Crippen molar-refractivity contribution in [2.24, 2.45) is 7.05 Å². The fourth-order valence-corrected chi connectivity index (χ4v) is 4.12. The van der Waals surface area contributed by atoms with Gasteiger partial charge in [-0.05, 0) is 25.0 Å². The second-order valence-electron chi connectivity index (χ2n) is 7.50. The largest absolute Gasteiger partial charge is 0.378 e. The van der Waals surface area contributed by atoms with Gasteiger partial charge in [0.15, 0.2) is 17.0 Å². The molecule has 3 aromatic heterocycles. The molecule has 0 atom stereocenters. The molecule has 2 aliphatic rings. The minimum atomic E-state index is 0.461. The first kappa shape index (κ1) is 17.4. The second-order valence-corrected chi connectivity index (χ2v) is 7.50. The first-order valence-electron chi connectivity index (χ1n) is 10.0. The Kier molecular flexibility index (Phi) is 4.56. The highest BCUT2D eigenvalue weighted by atomic mass is 16.5. The van der Waals surface area contributed by atoms with Crippen LogP contribution in [0.25, 0.3) is 22.6 Å². The van der Waals surface area contributed by atoms with E-state index in [-0.39, 0.29) is 0 Å². The number of rotatable bonds is 4. The van der Waals surface area contributed by atoms with Gasteiger partial charge < -0.3 is 19.5 Å². The average molecular weight is 379 g/mol. The molecule has 1 aliphatic carbocycles. The Morgan fingerprint density at radius 2 is 1.79 bits per heavy atom. The molecule has 28 heavy (non-hydrogen) atoms. The third-order valence-corrected chi connectivity index (χ3v) is 5.64. The van der Waals surface area contributed by atoms with E-state index in [1.165, 1.54) is 25.7 Å². The van der Waals surface area contributed by atoms with Gasteiger partial charge in [0.1, 0.15) is 5.82 Å². The number of aryl methyl sites for hydroxylation is 1. The fraction of sp³-hybridized carbons (Fsp3) is 0.500. The van der Waals surface area contributed by atoms with Crippen LogP contribution < -0.4 is 10.2 Å². The van der Waals surface area contributed by atoms with E-state index in [1.54, 1.807) is 12.4 Å². The Balaban J connectivity index is 1.63. The van der Waals surface area contributed by atoms with Gasteiger partial charge in [-0.25, -0.2) is 4.98 Å². The monoisotopic (exact) mass is 379 g/mol. The molecular formula is C20H25N7O. The van der Waals surface area contributed by atoms with Crippen LogP contribution in [0.3, 0.4) is 0 Å². The molecule has 0 bridgehead atoms. The Morgan fingerprint density at radius 1 is 1.04 bits per heavy atom. The smallest absolute Gasteiger partial charge is 0.227 e. The minimum absolute atomic E-state index is 0.461. The van der Waals surface area contributed by atoms with E-state index in [0.717, 1.165) is 41.5 Å². The summed E-state index contributed by atoms with van der Waals surface area (Å²) in [5, 5.41) is 3.56. The molecule has 3 aromatic rings. The van der Waals surface area contributed by atoms with Gasteiger partial charge in [-0.1, -0.05) is 12.8 Å². The van der Waals surface area contributed by atoms with Crippen LogP contribution in [-0.4, -0.2) is 56.8 Å². The molecule has 0 amide bonds. The molecule has 1 aliphatic heterocycles. The number of nitrogens with zero attached hydrogens (tertiary/aromatic N) is 6. The zero-order chi connectivity index (χ0) is 18.9. The van der Waals surface area contributed by atoms with E-state index in [1.807, 2.05) is 19.2 Å². The lowest BCUT2D eigenvalue weighted by Crippen LogP contribution is -2.37. The van der Waals surface area contributed by atoms with Crippen LogP contribution in [0.5, 0.6) is 0 Å². The summed E-state index contributed by atoms with van der Waals surface area (Å²) >= 11 is 0. The molecule has 1 N–H and O–H groups in total. The summed E-state index contributed by atoms with van der Waals surface area (Å²) in [6.45, 7) is 3.05. The molecule has 8 nitrogen and oxygen atoms in total. The number of morpholine rings is 1. The summed E-state index contributed by atoms with van der Waals surface area (Å²) in [4.78, 5) is 21.1. The van der Waals surface area contributed by atoms with E-state index in [9.17, 15) is 0 Å². The Hall–Kier alpha value is -2.74. The van der Waals surface area contributed by atoms with E-state index in [0.29, 0.717) is 25.2 Å². The Bertz CT molecular complexity index is 960. The van der Waals surface area contributed by atoms with Crippen LogP contribution in [0.4, 0.5) is 11.8 Å². The highest BCUT2D eigenvalue weighted by Gasteiger charge is 2.24.